The van der Waals surface area contributed by atoms with E-state index in [0.717, 1.165) is 43.3 Å². The molecule has 1 aliphatic heterocycles. The summed E-state index contributed by atoms with van der Waals surface area (Å²) in [5.74, 6) is 0.628. The summed E-state index contributed by atoms with van der Waals surface area (Å²) < 4.78 is 45.2. The second kappa shape index (κ2) is 8.89. The highest BCUT2D eigenvalue weighted by Crippen LogP contribution is 2.42. The number of benzene rings is 1. The number of nitrogens with two attached hydrogens (primary N) is 1. The smallest absolute Gasteiger partial charge is 0.417 e. The van der Waals surface area contributed by atoms with Crippen molar-refractivity contribution in [3.05, 3.63) is 35.0 Å². The molecule has 1 aliphatic rings. The first-order chi connectivity index (χ1) is 13.7. The molecule has 158 valence electrons. The first kappa shape index (κ1) is 21.9. The molecular formula is C20H25F3N4OS. The average molecular weight is 427 g/mol. The van der Waals surface area contributed by atoms with Gasteiger partial charge < -0.3 is 9.64 Å². The number of nitrogens with zero attached hydrogens (tertiary/aromatic N) is 3. The van der Waals surface area contributed by atoms with Crippen LogP contribution in [0.1, 0.15) is 29.7 Å². The Morgan fingerprint density at radius 1 is 1.28 bits per heavy atom. The van der Waals surface area contributed by atoms with Crippen LogP contribution in [0.3, 0.4) is 0 Å². The van der Waals surface area contributed by atoms with E-state index in [0.29, 0.717) is 29.1 Å². The summed E-state index contributed by atoms with van der Waals surface area (Å²) in [6.07, 6.45) is -1.34. The van der Waals surface area contributed by atoms with Crippen LogP contribution < -0.4 is 9.88 Å². The van der Waals surface area contributed by atoms with Gasteiger partial charge in [0.2, 0.25) is 0 Å². The van der Waals surface area contributed by atoms with Crippen LogP contribution in [0.15, 0.2) is 23.1 Å². The number of aromatic nitrogens is 2. The maximum absolute atomic E-state index is 13.3. The molecule has 3 rings (SSSR count). The van der Waals surface area contributed by atoms with Crippen molar-refractivity contribution in [2.75, 3.05) is 27.2 Å². The van der Waals surface area contributed by atoms with E-state index in [1.54, 1.807) is 0 Å². The lowest BCUT2D eigenvalue weighted by molar-refractivity contribution is -0.139. The van der Waals surface area contributed by atoms with Crippen molar-refractivity contribution in [1.29, 1.82) is 0 Å². The molecule has 0 spiro atoms. The third kappa shape index (κ3) is 5.02. The zero-order chi connectivity index (χ0) is 21.2. The Morgan fingerprint density at radius 3 is 2.62 bits per heavy atom. The van der Waals surface area contributed by atoms with E-state index in [2.05, 4.69) is 22.1 Å². The third-order valence-electron chi connectivity index (χ3n) is 5.24. The normalized spacial score (nSPS) is 18.1. The lowest BCUT2D eigenvalue weighted by Crippen LogP contribution is -2.33. The van der Waals surface area contributed by atoms with Gasteiger partial charge in [-0.1, -0.05) is 0 Å². The number of piperidine rings is 1. The predicted molar refractivity (Wildman–Crippen MR) is 108 cm³/mol. The number of methoxy groups -OCH3 is 1. The third-order valence-corrected chi connectivity index (χ3v) is 5.84. The van der Waals surface area contributed by atoms with Gasteiger partial charge in [0.15, 0.2) is 0 Å². The topological polar surface area (TPSA) is 64.3 Å². The number of ether oxygens (including phenoxy) is 1. The molecule has 2 aromatic rings. The van der Waals surface area contributed by atoms with Crippen LogP contribution in [0.5, 0.6) is 5.75 Å². The number of hydrogen-bond acceptors (Lipinski definition) is 6. The Kier molecular flexibility index (Phi) is 6.70. The maximum Gasteiger partial charge on any atom is 0.417 e. The standard InChI is InChI=1S/C20H25F3N4OS/c1-12-7-14(8-13-5-4-6-27(2)11-13)25-26-19(12)15-9-18(29-24)16(20(21,22)23)10-17(15)28-3/h7,9-10,13H,4-6,8,11,24H2,1-3H3. The highest BCUT2D eigenvalue weighted by Gasteiger charge is 2.35. The summed E-state index contributed by atoms with van der Waals surface area (Å²) in [5, 5.41) is 14.2. The number of aryl methyl sites for hydroxylation is 1. The number of hydrogen-bond donors (Lipinski definition) is 1. The molecule has 0 bridgehead atoms. The minimum absolute atomic E-state index is 0.0798. The van der Waals surface area contributed by atoms with Crippen LogP contribution in [0.2, 0.25) is 0 Å². The first-order valence-corrected chi connectivity index (χ1v) is 10.3. The fourth-order valence-corrected chi connectivity index (χ4v) is 4.36. The van der Waals surface area contributed by atoms with Crippen molar-refractivity contribution in [1.82, 2.24) is 15.1 Å². The average Bonchev–Trinajstić information content (AvgIpc) is 2.66. The molecular weight excluding hydrogens is 401 g/mol. The highest BCUT2D eigenvalue weighted by atomic mass is 32.2. The first-order valence-electron chi connectivity index (χ1n) is 9.41. The van der Waals surface area contributed by atoms with Gasteiger partial charge in [0.25, 0.3) is 0 Å². The molecule has 0 aliphatic carbocycles. The molecule has 1 aromatic heterocycles. The highest BCUT2D eigenvalue weighted by molar-refractivity contribution is 7.97. The van der Waals surface area contributed by atoms with E-state index in [1.807, 2.05) is 13.0 Å². The maximum atomic E-state index is 13.3. The predicted octanol–water partition coefficient (Wildman–Crippen LogP) is 4.33. The molecule has 2 N–H and O–H groups in total. The quantitative estimate of drug-likeness (QED) is 0.718. The fraction of sp³-hybridized carbons (Fsp3) is 0.500. The van der Waals surface area contributed by atoms with E-state index in [4.69, 9.17) is 9.88 Å². The molecule has 0 saturated carbocycles. The summed E-state index contributed by atoms with van der Waals surface area (Å²) in [4.78, 5) is 2.24. The Balaban J connectivity index is 1.94. The van der Waals surface area contributed by atoms with Crippen LogP contribution in [0.4, 0.5) is 13.2 Å². The van der Waals surface area contributed by atoms with Gasteiger partial charge in [-0.3, -0.25) is 5.14 Å². The monoisotopic (exact) mass is 426 g/mol. The molecule has 1 fully saturated rings. The SMILES string of the molecule is COc1cc(C(F)(F)F)c(SN)cc1-c1nnc(CC2CCCN(C)C2)cc1C. The molecule has 5 nitrogen and oxygen atoms in total. The van der Waals surface area contributed by atoms with Crippen molar-refractivity contribution in [2.45, 2.75) is 37.3 Å². The van der Waals surface area contributed by atoms with Crippen molar-refractivity contribution in [3.8, 4) is 17.0 Å². The van der Waals surface area contributed by atoms with Gasteiger partial charge in [-0.15, -0.1) is 5.10 Å². The van der Waals surface area contributed by atoms with Gasteiger partial charge >= 0.3 is 6.18 Å². The van der Waals surface area contributed by atoms with E-state index in [1.165, 1.54) is 19.6 Å². The van der Waals surface area contributed by atoms with Gasteiger partial charge in [-0.2, -0.15) is 18.3 Å². The fourth-order valence-electron chi connectivity index (χ4n) is 3.87. The van der Waals surface area contributed by atoms with Crippen LogP contribution in [0, 0.1) is 12.8 Å². The number of halogens is 3. The van der Waals surface area contributed by atoms with Crippen molar-refractivity contribution >= 4 is 11.9 Å². The van der Waals surface area contributed by atoms with Crippen LogP contribution in [-0.4, -0.2) is 42.3 Å². The molecule has 29 heavy (non-hydrogen) atoms. The van der Waals surface area contributed by atoms with Crippen molar-refractivity contribution < 1.29 is 17.9 Å². The second-order valence-electron chi connectivity index (χ2n) is 7.51. The van der Waals surface area contributed by atoms with Gasteiger partial charge in [0, 0.05) is 17.0 Å². The molecule has 1 aromatic carbocycles. The number of likely N-dealkylation sites (tertiary alicyclic amines) is 1. The summed E-state index contributed by atoms with van der Waals surface area (Å²) in [6, 6.07) is 4.31. The Bertz CT molecular complexity index is 876. The van der Waals surface area contributed by atoms with Crippen LogP contribution in [-0.2, 0) is 12.6 Å². The second-order valence-corrected chi connectivity index (χ2v) is 8.18. The minimum atomic E-state index is -4.52. The molecule has 1 unspecified atom stereocenters. The molecule has 1 atom stereocenters. The zero-order valence-electron chi connectivity index (χ0n) is 16.7. The Labute approximate surface area is 173 Å². The van der Waals surface area contributed by atoms with E-state index in [-0.39, 0.29) is 10.6 Å². The van der Waals surface area contributed by atoms with Gasteiger partial charge in [-0.25, -0.2) is 0 Å². The van der Waals surface area contributed by atoms with Gasteiger partial charge in [0.1, 0.15) is 5.75 Å². The summed E-state index contributed by atoms with van der Waals surface area (Å²) in [5.41, 5.74) is 1.85. The minimum Gasteiger partial charge on any atom is -0.496 e. The molecule has 9 heteroatoms. The van der Waals surface area contributed by atoms with Crippen molar-refractivity contribution in [2.24, 2.45) is 11.1 Å². The molecule has 0 radical (unpaired) electrons. The van der Waals surface area contributed by atoms with Gasteiger partial charge in [0.05, 0.1) is 24.1 Å². The van der Waals surface area contributed by atoms with E-state index < -0.39 is 11.7 Å². The molecule has 2 heterocycles. The molecule has 0 amide bonds. The Morgan fingerprint density at radius 2 is 2.03 bits per heavy atom. The van der Waals surface area contributed by atoms with Crippen molar-refractivity contribution in [3.63, 3.8) is 0 Å². The molecule has 1 saturated heterocycles. The van der Waals surface area contributed by atoms with E-state index in [9.17, 15) is 13.2 Å². The zero-order valence-corrected chi connectivity index (χ0v) is 17.5. The summed E-state index contributed by atoms with van der Waals surface area (Å²) in [6.45, 7) is 4.04. The van der Waals surface area contributed by atoms with E-state index >= 15 is 0 Å². The summed E-state index contributed by atoms with van der Waals surface area (Å²) >= 11 is 0.554. The van der Waals surface area contributed by atoms with Crippen LogP contribution in [0.25, 0.3) is 11.3 Å². The Hall–Kier alpha value is -1.84. The summed E-state index contributed by atoms with van der Waals surface area (Å²) in [7, 11) is 3.46. The number of rotatable bonds is 5. The van der Waals surface area contributed by atoms with Gasteiger partial charge in [-0.05, 0) is 81.4 Å². The lowest BCUT2D eigenvalue weighted by atomic mass is 9.93. The largest absolute Gasteiger partial charge is 0.496 e. The lowest BCUT2D eigenvalue weighted by Gasteiger charge is -2.29. The van der Waals surface area contributed by atoms with Crippen LogP contribution >= 0.6 is 11.9 Å². The number of alkyl halides is 3.